The Labute approximate surface area is 155 Å². The number of aliphatic hydroxyl groups excluding tert-OH is 5. The summed E-state index contributed by atoms with van der Waals surface area (Å²) in [6, 6.07) is 0. The van der Waals surface area contributed by atoms with Crippen LogP contribution in [0.3, 0.4) is 0 Å². The van der Waals surface area contributed by atoms with Crippen LogP contribution in [0.25, 0.3) is 0 Å². The summed E-state index contributed by atoms with van der Waals surface area (Å²) < 4.78 is 21.4. The summed E-state index contributed by atoms with van der Waals surface area (Å²) in [5.74, 6) is -1.35. The number of esters is 1. The topological polar surface area (TPSA) is 155 Å². The van der Waals surface area contributed by atoms with Crippen LogP contribution in [-0.4, -0.2) is 88.8 Å². The first-order valence-electron chi connectivity index (χ1n) is 8.93. The lowest BCUT2D eigenvalue weighted by Gasteiger charge is -2.43. The van der Waals surface area contributed by atoms with Gasteiger partial charge in [0.2, 0.25) is 6.29 Å². The monoisotopic (exact) mass is 390 g/mol. The molecule has 2 fully saturated rings. The van der Waals surface area contributed by atoms with Gasteiger partial charge in [-0.3, -0.25) is 0 Å². The second kappa shape index (κ2) is 8.39. The van der Waals surface area contributed by atoms with Gasteiger partial charge in [0.05, 0.1) is 25.6 Å². The molecule has 10 heteroatoms. The van der Waals surface area contributed by atoms with Crippen LogP contribution in [0.2, 0.25) is 0 Å². The fourth-order valence-corrected chi connectivity index (χ4v) is 4.17. The standard InChI is InChI=1S/C17H26O10/c1-24-15(23)9-6-25-16(11-7(4-18)2-3-8(9)11)27-17-14(22)13(21)12(20)10(5-19)26-17/h6-8,10-14,16-22H,2-5H2,1H3/t7-,8-,10-,11+,12-,13+,14-,16+,17+/m1/s1. The molecule has 3 aliphatic rings. The molecule has 0 amide bonds. The Bertz CT molecular complexity index is 564. The van der Waals surface area contributed by atoms with Gasteiger partial charge in [0.25, 0.3) is 0 Å². The minimum absolute atomic E-state index is 0.131. The lowest BCUT2D eigenvalue weighted by atomic mass is 9.83. The molecule has 2 heterocycles. The van der Waals surface area contributed by atoms with Crippen molar-refractivity contribution in [3.05, 3.63) is 11.8 Å². The second-order valence-electron chi connectivity index (χ2n) is 7.11. The van der Waals surface area contributed by atoms with Crippen LogP contribution in [-0.2, 0) is 23.7 Å². The largest absolute Gasteiger partial charge is 0.472 e. The molecule has 0 radical (unpaired) electrons. The molecule has 154 valence electrons. The number of hydrogen-bond acceptors (Lipinski definition) is 10. The number of ether oxygens (including phenoxy) is 4. The summed E-state index contributed by atoms with van der Waals surface area (Å²) >= 11 is 0. The van der Waals surface area contributed by atoms with E-state index in [9.17, 15) is 30.3 Å². The fraction of sp³-hybridized carbons (Fsp3) is 0.824. The van der Waals surface area contributed by atoms with E-state index in [-0.39, 0.29) is 24.4 Å². The fourth-order valence-electron chi connectivity index (χ4n) is 4.17. The van der Waals surface area contributed by atoms with Crippen LogP contribution in [0.15, 0.2) is 11.8 Å². The Balaban J connectivity index is 1.79. The zero-order chi connectivity index (χ0) is 19.7. The second-order valence-corrected chi connectivity index (χ2v) is 7.11. The predicted molar refractivity (Wildman–Crippen MR) is 86.6 cm³/mol. The summed E-state index contributed by atoms with van der Waals surface area (Å²) in [5, 5.41) is 48.9. The average Bonchev–Trinajstić information content (AvgIpc) is 3.12. The molecule has 10 nitrogen and oxygen atoms in total. The highest BCUT2D eigenvalue weighted by molar-refractivity contribution is 5.89. The zero-order valence-corrected chi connectivity index (χ0v) is 14.9. The molecule has 1 saturated carbocycles. The molecular formula is C17H26O10. The van der Waals surface area contributed by atoms with Gasteiger partial charge >= 0.3 is 5.97 Å². The summed E-state index contributed by atoms with van der Waals surface area (Å²) in [4.78, 5) is 12.0. The van der Waals surface area contributed by atoms with Gasteiger partial charge in [-0.05, 0) is 18.8 Å². The molecule has 0 spiro atoms. The summed E-state index contributed by atoms with van der Waals surface area (Å²) in [6.45, 7) is -0.707. The van der Waals surface area contributed by atoms with Crippen LogP contribution >= 0.6 is 0 Å². The minimum atomic E-state index is -1.57. The van der Waals surface area contributed by atoms with Gasteiger partial charge in [0, 0.05) is 18.4 Å². The van der Waals surface area contributed by atoms with Gasteiger partial charge in [0.1, 0.15) is 24.4 Å². The van der Waals surface area contributed by atoms with Gasteiger partial charge in [-0.2, -0.15) is 0 Å². The van der Waals surface area contributed by atoms with E-state index in [2.05, 4.69) is 0 Å². The molecule has 0 bridgehead atoms. The maximum atomic E-state index is 12.0. The van der Waals surface area contributed by atoms with Crippen LogP contribution < -0.4 is 0 Å². The van der Waals surface area contributed by atoms with Gasteiger partial charge in [-0.1, -0.05) is 0 Å². The SMILES string of the molecule is COC(=O)C1=CO[C@@H](O[C@@H]2O[C@H](CO)[C@@H](O)[C@H](O)[C@H]2O)[C@H]2[C@@H](CO)CC[C@H]12. The smallest absolute Gasteiger partial charge is 0.337 e. The Morgan fingerprint density at radius 3 is 2.48 bits per heavy atom. The van der Waals surface area contributed by atoms with Crippen LogP contribution in [0.1, 0.15) is 12.8 Å². The first kappa shape index (κ1) is 20.5. The average molecular weight is 390 g/mol. The summed E-state index contributed by atoms with van der Waals surface area (Å²) in [5.41, 5.74) is 0.354. The third-order valence-electron chi connectivity index (χ3n) is 5.67. The molecule has 3 rings (SSSR count). The van der Waals surface area contributed by atoms with Crippen molar-refractivity contribution >= 4 is 5.97 Å². The number of fused-ring (bicyclic) bond motifs is 1. The van der Waals surface area contributed by atoms with Crippen LogP contribution in [0.4, 0.5) is 0 Å². The van der Waals surface area contributed by atoms with Crippen molar-refractivity contribution in [1.29, 1.82) is 0 Å². The lowest BCUT2D eigenvalue weighted by molar-refractivity contribution is -0.342. The molecule has 1 saturated heterocycles. The Morgan fingerprint density at radius 2 is 1.85 bits per heavy atom. The number of carbonyl (C=O) groups excluding carboxylic acids is 1. The molecule has 0 aromatic carbocycles. The quantitative estimate of drug-likeness (QED) is 0.328. The van der Waals surface area contributed by atoms with E-state index in [4.69, 9.17) is 18.9 Å². The van der Waals surface area contributed by atoms with E-state index >= 15 is 0 Å². The van der Waals surface area contributed by atoms with Gasteiger partial charge < -0.3 is 44.5 Å². The van der Waals surface area contributed by atoms with E-state index in [1.165, 1.54) is 13.4 Å². The van der Waals surface area contributed by atoms with E-state index in [0.29, 0.717) is 18.4 Å². The predicted octanol–water partition coefficient (Wildman–Crippen LogP) is -2.15. The first-order valence-corrected chi connectivity index (χ1v) is 8.93. The molecule has 2 aliphatic heterocycles. The first-order chi connectivity index (χ1) is 12.9. The van der Waals surface area contributed by atoms with E-state index in [1.54, 1.807) is 0 Å². The number of aliphatic hydroxyl groups is 5. The molecule has 5 N–H and O–H groups in total. The van der Waals surface area contributed by atoms with Crippen molar-refractivity contribution in [3.8, 4) is 0 Å². The Kier molecular flexibility index (Phi) is 6.36. The molecule has 9 atom stereocenters. The number of methoxy groups -OCH3 is 1. The van der Waals surface area contributed by atoms with Crippen molar-refractivity contribution in [2.24, 2.45) is 17.8 Å². The number of hydrogen-bond donors (Lipinski definition) is 5. The van der Waals surface area contributed by atoms with Crippen LogP contribution in [0.5, 0.6) is 0 Å². The maximum absolute atomic E-state index is 12.0. The Hall–Kier alpha value is -1.27. The molecule has 1 aliphatic carbocycles. The van der Waals surface area contributed by atoms with Gasteiger partial charge in [-0.25, -0.2) is 4.79 Å². The van der Waals surface area contributed by atoms with E-state index in [1.807, 2.05) is 0 Å². The van der Waals surface area contributed by atoms with Crippen molar-refractivity contribution in [2.45, 2.75) is 49.8 Å². The maximum Gasteiger partial charge on any atom is 0.337 e. The minimum Gasteiger partial charge on any atom is -0.472 e. The Morgan fingerprint density at radius 1 is 1.11 bits per heavy atom. The molecular weight excluding hydrogens is 364 g/mol. The van der Waals surface area contributed by atoms with Crippen LogP contribution in [0, 0.1) is 17.8 Å². The molecule has 27 heavy (non-hydrogen) atoms. The molecule has 0 aromatic rings. The molecule has 0 aromatic heterocycles. The molecule has 0 unspecified atom stereocenters. The van der Waals surface area contributed by atoms with Crippen molar-refractivity contribution < 1.29 is 49.3 Å². The third-order valence-corrected chi connectivity index (χ3v) is 5.67. The number of rotatable bonds is 5. The zero-order valence-electron chi connectivity index (χ0n) is 14.9. The van der Waals surface area contributed by atoms with Gasteiger partial charge in [-0.15, -0.1) is 0 Å². The van der Waals surface area contributed by atoms with Crippen molar-refractivity contribution in [3.63, 3.8) is 0 Å². The van der Waals surface area contributed by atoms with Crippen molar-refractivity contribution in [1.82, 2.24) is 0 Å². The van der Waals surface area contributed by atoms with Gasteiger partial charge in [0.15, 0.2) is 6.29 Å². The third kappa shape index (κ3) is 3.70. The number of carbonyl (C=O) groups is 1. The lowest BCUT2D eigenvalue weighted by Crippen LogP contribution is -2.60. The highest BCUT2D eigenvalue weighted by atomic mass is 16.8. The van der Waals surface area contributed by atoms with E-state index < -0.39 is 49.6 Å². The van der Waals surface area contributed by atoms with E-state index in [0.717, 1.165) is 0 Å². The highest BCUT2D eigenvalue weighted by Gasteiger charge is 2.51. The summed E-state index contributed by atoms with van der Waals surface area (Å²) in [7, 11) is 1.27. The highest BCUT2D eigenvalue weighted by Crippen LogP contribution is 2.47. The normalized spacial score (nSPS) is 44.2. The van der Waals surface area contributed by atoms with Crippen molar-refractivity contribution in [2.75, 3.05) is 20.3 Å². The summed E-state index contributed by atoms with van der Waals surface area (Å²) in [6.07, 6.45) is -5.51.